The standard InChI is InChI=1S/C8H8ClNO2/c1-5-7(4-11)10-3-6(9)8(5)12-2/h3-4H,1-2H3. The van der Waals surface area contributed by atoms with Crippen molar-refractivity contribution in [2.75, 3.05) is 7.11 Å². The molecule has 0 fully saturated rings. The Morgan fingerprint density at radius 2 is 2.33 bits per heavy atom. The molecule has 0 unspecified atom stereocenters. The molecule has 0 N–H and O–H groups in total. The highest BCUT2D eigenvalue weighted by atomic mass is 35.5. The second kappa shape index (κ2) is 3.54. The molecule has 64 valence electrons. The Morgan fingerprint density at radius 3 is 2.83 bits per heavy atom. The molecule has 0 aliphatic heterocycles. The van der Waals surface area contributed by atoms with E-state index in [-0.39, 0.29) is 0 Å². The number of aldehydes is 1. The molecular weight excluding hydrogens is 178 g/mol. The summed E-state index contributed by atoms with van der Waals surface area (Å²) in [6.07, 6.45) is 2.07. The molecule has 1 rings (SSSR count). The van der Waals surface area contributed by atoms with Crippen LogP contribution in [-0.4, -0.2) is 18.4 Å². The van der Waals surface area contributed by atoms with Gasteiger partial charge in [-0.3, -0.25) is 9.78 Å². The van der Waals surface area contributed by atoms with E-state index in [0.717, 1.165) is 0 Å². The number of ether oxygens (including phenoxy) is 1. The Labute approximate surface area is 75.3 Å². The van der Waals surface area contributed by atoms with Crippen LogP contribution in [0.4, 0.5) is 0 Å². The second-order valence-electron chi connectivity index (χ2n) is 2.27. The maximum Gasteiger partial charge on any atom is 0.168 e. The Bertz CT molecular complexity index is 312. The summed E-state index contributed by atoms with van der Waals surface area (Å²) in [6, 6.07) is 0. The van der Waals surface area contributed by atoms with Gasteiger partial charge in [0.05, 0.1) is 13.3 Å². The monoisotopic (exact) mass is 185 g/mol. The number of aromatic nitrogens is 1. The normalized spacial score (nSPS) is 9.58. The lowest BCUT2D eigenvalue weighted by atomic mass is 10.2. The molecule has 0 saturated carbocycles. The van der Waals surface area contributed by atoms with E-state index < -0.39 is 0 Å². The van der Waals surface area contributed by atoms with Crippen LogP contribution in [0.2, 0.25) is 5.02 Å². The molecule has 1 aromatic heterocycles. The molecule has 0 aromatic carbocycles. The first-order chi connectivity index (χ1) is 5.70. The third-order valence-electron chi connectivity index (χ3n) is 1.57. The summed E-state index contributed by atoms with van der Waals surface area (Å²) in [6.45, 7) is 1.74. The number of carbonyl (C=O) groups is 1. The smallest absolute Gasteiger partial charge is 0.168 e. The highest BCUT2D eigenvalue weighted by Crippen LogP contribution is 2.27. The van der Waals surface area contributed by atoms with Gasteiger partial charge in [-0.15, -0.1) is 0 Å². The van der Waals surface area contributed by atoms with Crippen molar-refractivity contribution in [3.05, 3.63) is 22.5 Å². The van der Waals surface area contributed by atoms with Crippen molar-refractivity contribution >= 4 is 17.9 Å². The Morgan fingerprint density at radius 1 is 1.67 bits per heavy atom. The second-order valence-corrected chi connectivity index (χ2v) is 2.67. The first kappa shape index (κ1) is 9.00. The number of nitrogens with zero attached hydrogens (tertiary/aromatic N) is 1. The Balaban J connectivity index is 3.33. The molecular formula is C8H8ClNO2. The van der Waals surface area contributed by atoms with Crippen molar-refractivity contribution in [2.24, 2.45) is 0 Å². The van der Waals surface area contributed by atoms with E-state index in [1.807, 2.05) is 0 Å². The van der Waals surface area contributed by atoms with Gasteiger partial charge < -0.3 is 4.74 Å². The van der Waals surface area contributed by atoms with Gasteiger partial charge in [0.1, 0.15) is 16.5 Å². The van der Waals surface area contributed by atoms with Gasteiger partial charge in [0.25, 0.3) is 0 Å². The summed E-state index contributed by atoms with van der Waals surface area (Å²) in [5, 5.41) is 0.417. The predicted octanol–water partition coefficient (Wildman–Crippen LogP) is 1.86. The molecule has 1 heterocycles. The van der Waals surface area contributed by atoms with Gasteiger partial charge in [-0.25, -0.2) is 0 Å². The largest absolute Gasteiger partial charge is 0.495 e. The van der Waals surface area contributed by atoms with Crippen LogP contribution in [-0.2, 0) is 0 Å². The quantitative estimate of drug-likeness (QED) is 0.661. The fourth-order valence-electron chi connectivity index (χ4n) is 0.947. The van der Waals surface area contributed by atoms with Crippen LogP contribution in [0.5, 0.6) is 5.75 Å². The summed E-state index contributed by atoms with van der Waals surface area (Å²) in [4.78, 5) is 14.3. The minimum Gasteiger partial charge on any atom is -0.495 e. The Hall–Kier alpha value is -1.09. The fraction of sp³-hybridized carbons (Fsp3) is 0.250. The van der Waals surface area contributed by atoms with Crippen molar-refractivity contribution in [2.45, 2.75) is 6.92 Å². The molecule has 0 saturated heterocycles. The first-order valence-corrected chi connectivity index (χ1v) is 3.72. The van der Waals surface area contributed by atoms with Gasteiger partial charge in [0.15, 0.2) is 6.29 Å². The molecule has 3 nitrogen and oxygen atoms in total. The number of methoxy groups -OCH3 is 1. The lowest BCUT2D eigenvalue weighted by molar-refractivity contribution is 0.111. The predicted molar refractivity (Wildman–Crippen MR) is 45.9 cm³/mol. The summed E-state index contributed by atoms with van der Waals surface area (Å²) in [5.41, 5.74) is 1.02. The minimum absolute atomic E-state index is 0.358. The summed E-state index contributed by atoms with van der Waals surface area (Å²) in [7, 11) is 1.50. The summed E-state index contributed by atoms with van der Waals surface area (Å²) in [5.74, 6) is 0.508. The fourth-order valence-corrected chi connectivity index (χ4v) is 1.21. The first-order valence-electron chi connectivity index (χ1n) is 3.35. The van der Waals surface area contributed by atoms with E-state index >= 15 is 0 Å². The molecule has 0 amide bonds. The van der Waals surface area contributed by atoms with Gasteiger partial charge >= 0.3 is 0 Å². The van der Waals surface area contributed by atoms with Crippen LogP contribution >= 0.6 is 11.6 Å². The highest BCUT2D eigenvalue weighted by molar-refractivity contribution is 6.32. The van der Waals surface area contributed by atoms with Gasteiger partial charge in [-0.1, -0.05) is 11.6 Å². The SMILES string of the molecule is COc1c(Cl)cnc(C=O)c1C. The van der Waals surface area contributed by atoms with Crippen molar-refractivity contribution < 1.29 is 9.53 Å². The van der Waals surface area contributed by atoms with Crippen LogP contribution in [0.1, 0.15) is 16.1 Å². The third kappa shape index (κ3) is 1.41. The van der Waals surface area contributed by atoms with Crippen LogP contribution in [0.15, 0.2) is 6.20 Å². The zero-order chi connectivity index (χ0) is 9.14. The van der Waals surface area contributed by atoms with Gasteiger partial charge in [0.2, 0.25) is 0 Å². The van der Waals surface area contributed by atoms with E-state index in [1.165, 1.54) is 13.3 Å². The zero-order valence-corrected chi connectivity index (χ0v) is 7.55. The molecule has 4 heteroatoms. The zero-order valence-electron chi connectivity index (χ0n) is 6.80. The highest BCUT2D eigenvalue weighted by Gasteiger charge is 2.08. The third-order valence-corrected chi connectivity index (χ3v) is 1.84. The van der Waals surface area contributed by atoms with Gasteiger partial charge in [-0.05, 0) is 6.92 Å². The van der Waals surface area contributed by atoms with Crippen molar-refractivity contribution in [3.63, 3.8) is 0 Å². The average Bonchev–Trinajstić information content (AvgIpc) is 2.06. The topological polar surface area (TPSA) is 39.2 Å². The lowest BCUT2D eigenvalue weighted by Crippen LogP contribution is -1.96. The minimum atomic E-state index is 0.358. The van der Waals surface area contributed by atoms with Crippen LogP contribution in [0, 0.1) is 6.92 Å². The number of carbonyl (C=O) groups excluding carboxylic acids is 1. The van der Waals surface area contributed by atoms with E-state index in [0.29, 0.717) is 28.3 Å². The number of pyridine rings is 1. The molecule has 0 spiro atoms. The van der Waals surface area contributed by atoms with Crippen molar-refractivity contribution in [1.82, 2.24) is 4.98 Å². The molecule has 1 aromatic rings. The molecule has 0 radical (unpaired) electrons. The van der Waals surface area contributed by atoms with E-state index in [1.54, 1.807) is 6.92 Å². The maximum absolute atomic E-state index is 10.4. The summed E-state index contributed by atoms with van der Waals surface area (Å²) >= 11 is 5.76. The van der Waals surface area contributed by atoms with Crippen LogP contribution in [0.25, 0.3) is 0 Å². The number of halogens is 1. The molecule has 12 heavy (non-hydrogen) atoms. The lowest BCUT2D eigenvalue weighted by Gasteiger charge is -2.06. The maximum atomic E-state index is 10.4. The van der Waals surface area contributed by atoms with E-state index in [2.05, 4.69) is 4.98 Å². The average molecular weight is 186 g/mol. The number of hydrogen-bond acceptors (Lipinski definition) is 3. The summed E-state index contributed by atoms with van der Waals surface area (Å²) < 4.78 is 4.99. The molecule has 0 aliphatic carbocycles. The molecule has 0 bridgehead atoms. The number of hydrogen-bond donors (Lipinski definition) is 0. The Kier molecular flexibility index (Phi) is 2.65. The number of rotatable bonds is 2. The van der Waals surface area contributed by atoms with Crippen LogP contribution < -0.4 is 4.74 Å². The molecule has 0 aliphatic rings. The van der Waals surface area contributed by atoms with E-state index in [4.69, 9.17) is 16.3 Å². The van der Waals surface area contributed by atoms with Gasteiger partial charge in [0, 0.05) is 5.56 Å². The van der Waals surface area contributed by atoms with Crippen molar-refractivity contribution in [3.8, 4) is 5.75 Å². The molecule has 0 atom stereocenters. The van der Waals surface area contributed by atoms with E-state index in [9.17, 15) is 4.79 Å². The van der Waals surface area contributed by atoms with Crippen molar-refractivity contribution in [1.29, 1.82) is 0 Å². The van der Waals surface area contributed by atoms with Gasteiger partial charge in [-0.2, -0.15) is 0 Å². The van der Waals surface area contributed by atoms with Crippen LogP contribution in [0.3, 0.4) is 0 Å².